The highest BCUT2D eigenvalue weighted by Gasteiger charge is 2.38. The SMILES string of the molecule is COC1(CC(=O)Cc2ccc([N+](=O)[O-])cc2)CCC1. The highest BCUT2D eigenvalue weighted by molar-refractivity contribution is 5.82. The van der Waals surface area contributed by atoms with Gasteiger partial charge >= 0.3 is 0 Å². The first kappa shape index (κ1) is 13.7. The lowest BCUT2D eigenvalue weighted by Crippen LogP contribution is -2.41. The lowest BCUT2D eigenvalue weighted by Gasteiger charge is -2.40. The number of carbonyl (C=O) groups is 1. The summed E-state index contributed by atoms with van der Waals surface area (Å²) < 4.78 is 5.42. The second-order valence-electron chi connectivity index (χ2n) is 5.06. The molecular formula is C14H17NO4. The molecule has 0 atom stereocenters. The van der Waals surface area contributed by atoms with E-state index in [-0.39, 0.29) is 17.1 Å². The lowest BCUT2D eigenvalue weighted by molar-refractivity contribution is -0.384. The van der Waals surface area contributed by atoms with Crippen LogP contribution in [0.5, 0.6) is 0 Å². The molecule has 0 saturated heterocycles. The van der Waals surface area contributed by atoms with Crippen LogP contribution >= 0.6 is 0 Å². The van der Waals surface area contributed by atoms with Crippen molar-refractivity contribution in [3.8, 4) is 0 Å². The topological polar surface area (TPSA) is 69.4 Å². The number of carbonyl (C=O) groups excluding carboxylic acids is 1. The van der Waals surface area contributed by atoms with Gasteiger partial charge in [-0.05, 0) is 24.8 Å². The van der Waals surface area contributed by atoms with E-state index >= 15 is 0 Å². The van der Waals surface area contributed by atoms with Gasteiger partial charge in [0.25, 0.3) is 5.69 Å². The van der Waals surface area contributed by atoms with Crippen molar-refractivity contribution in [3.63, 3.8) is 0 Å². The van der Waals surface area contributed by atoms with Crippen molar-refractivity contribution in [1.29, 1.82) is 0 Å². The number of rotatable bonds is 6. The Morgan fingerprint density at radius 2 is 2.00 bits per heavy atom. The average molecular weight is 263 g/mol. The number of non-ortho nitro benzene ring substituents is 1. The molecule has 0 aromatic heterocycles. The second kappa shape index (κ2) is 5.48. The molecule has 1 saturated carbocycles. The maximum Gasteiger partial charge on any atom is 0.269 e. The molecule has 1 aromatic rings. The molecule has 0 spiro atoms. The van der Waals surface area contributed by atoms with E-state index in [0.29, 0.717) is 12.8 Å². The molecule has 1 fully saturated rings. The van der Waals surface area contributed by atoms with Crippen LogP contribution in [0.4, 0.5) is 5.69 Å². The van der Waals surface area contributed by atoms with Crippen molar-refractivity contribution in [2.45, 2.75) is 37.7 Å². The number of nitro benzene ring substituents is 1. The molecule has 5 nitrogen and oxygen atoms in total. The quantitative estimate of drug-likeness (QED) is 0.584. The summed E-state index contributed by atoms with van der Waals surface area (Å²) >= 11 is 0. The molecule has 0 amide bonds. The first-order chi connectivity index (χ1) is 9.04. The van der Waals surface area contributed by atoms with Gasteiger partial charge in [-0.25, -0.2) is 0 Å². The van der Waals surface area contributed by atoms with Crippen molar-refractivity contribution in [3.05, 3.63) is 39.9 Å². The Hall–Kier alpha value is -1.75. The summed E-state index contributed by atoms with van der Waals surface area (Å²) in [5.74, 6) is 0.121. The Labute approximate surface area is 111 Å². The maximum atomic E-state index is 12.0. The average Bonchev–Trinajstić information content (AvgIpc) is 2.34. The zero-order chi connectivity index (χ0) is 13.9. The van der Waals surface area contributed by atoms with E-state index in [4.69, 9.17) is 4.74 Å². The number of nitro groups is 1. The number of Topliss-reactive ketones (excluding diaryl/α,β-unsaturated/α-hetero) is 1. The second-order valence-corrected chi connectivity index (χ2v) is 5.06. The smallest absolute Gasteiger partial charge is 0.269 e. The molecule has 19 heavy (non-hydrogen) atoms. The van der Waals surface area contributed by atoms with Gasteiger partial charge in [0.05, 0.1) is 10.5 Å². The van der Waals surface area contributed by atoms with Gasteiger partial charge in [-0.3, -0.25) is 14.9 Å². The molecule has 0 bridgehead atoms. The number of hydrogen-bond acceptors (Lipinski definition) is 4. The van der Waals surface area contributed by atoms with E-state index in [9.17, 15) is 14.9 Å². The van der Waals surface area contributed by atoms with Gasteiger partial charge in [-0.15, -0.1) is 0 Å². The molecule has 5 heteroatoms. The van der Waals surface area contributed by atoms with Crippen LogP contribution in [0.3, 0.4) is 0 Å². The van der Waals surface area contributed by atoms with Gasteiger partial charge in [-0.2, -0.15) is 0 Å². The van der Waals surface area contributed by atoms with Crippen LogP contribution in [0.1, 0.15) is 31.2 Å². The van der Waals surface area contributed by atoms with E-state index in [1.807, 2.05) is 0 Å². The summed E-state index contributed by atoms with van der Waals surface area (Å²) in [4.78, 5) is 22.1. The fourth-order valence-electron chi connectivity index (χ4n) is 2.41. The van der Waals surface area contributed by atoms with Crippen LogP contribution in [0, 0.1) is 10.1 Å². The van der Waals surface area contributed by atoms with Gasteiger partial charge in [-0.1, -0.05) is 12.1 Å². The minimum atomic E-state index is -0.445. The summed E-state index contributed by atoms with van der Waals surface area (Å²) in [6.07, 6.45) is 3.73. The van der Waals surface area contributed by atoms with Gasteiger partial charge in [0, 0.05) is 32.1 Å². The van der Waals surface area contributed by atoms with Crippen molar-refractivity contribution in [1.82, 2.24) is 0 Å². The number of ether oxygens (including phenoxy) is 1. The fourth-order valence-corrected chi connectivity index (χ4v) is 2.41. The lowest BCUT2D eigenvalue weighted by atomic mass is 9.76. The molecule has 0 N–H and O–H groups in total. The largest absolute Gasteiger partial charge is 0.378 e. The minimum Gasteiger partial charge on any atom is -0.378 e. The summed E-state index contributed by atoms with van der Waals surface area (Å²) in [6, 6.07) is 6.13. The third kappa shape index (κ3) is 3.17. The normalized spacial score (nSPS) is 16.7. The molecule has 1 aromatic carbocycles. The summed E-state index contributed by atoms with van der Waals surface area (Å²) in [7, 11) is 1.65. The van der Waals surface area contributed by atoms with E-state index in [1.54, 1.807) is 19.2 Å². The number of nitrogens with zero attached hydrogens (tertiary/aromatic N) is 1. The Morgan fingerprint density at radius 3 is 2.42 bits per heavy atom. The number of hydrogen-bond donors (Lipinski definition) is 0. The van der Waals surface area contributed by atoms with Crippen LogP contribution in [-0.2, 0) is 16.0 Å². The molecule has 1 aliphatic carbocycles. The van der Waals surface area contributed by atoms with Gasteiger partial charge in [0.1, 0.15) is 5.78 Å². The third-order valence-electron chi connectivity index (χ3n) is 3.77. The Kier molecular flexibility index (Phi) is 3.95. The number of benzene rings is 1. The predicted octanol–water partition coefficient (Wildman–Crippen LogP) is 2.67. The zero-order valence-electron chi connectivity index (χ0n) is 10.9. The molecule has 0 radical (unpaired) electrons. The standard InChI is InChI=1S/C14H17NO4/c1-19-14(7-2-8-14)10-13(16)9-11-3-5-12(6-4-11)15(17)18/h3-6H,2,7-10H2,1H3. The third-order valence-corrected chi connectivity index (χ3v) is 3.77. The first-order valence-corrected chi connectivity index (χ1v) is 6.35. The Morgan fingerprint density at radius 1 is 1.37 bits per heavy atom. The fraction of sp³-hybridized carbons (Fsp3) is 0.500. The van der Waals surface area contributed by atoms with Crippen LogP contribution in [0.25, 0.3) is 0 Å². The first-order valence-electron chi connectivity index (χ1n) is 6.35. The van der Waals surface area contributed by atoms with Crippen molar-refractivity contribution < 1.29 is 14.5 Å². The minimum absolute atomic E-state index is 0.0450. The Balaban J connectivity index is 1.93. The molecule has 1 aliphatic rings. The monoisotopic (exact) mass is 263 g/mol. The number of ketones is 1. The van der Waals surface area contributed by atoms with E-state index in [0.717, 1.165) is 24.8 Å². The Bertz CT molecular complexity index is 471. The molecular weight excluding hydrogens is 246 g/mol. The van der Waals surface area contributed by atoms with Crippen LogP contribution < -0.4 is 0 Å². The van der Waals surface area contributed by atoms with Gasteiger partial charge in [0.2, 0.25) is 0 Å². The molecule has 2 rings (SSSR count). The predicted molar refractivity (Wildman–Crippen MR) is 70.0 cm³/mol. The highest BCUT2D eigenvalue weighted by Crippen LogP contribution is 2.38. The summed E-state index contributed by atoms with van der Waals surface area (Å²) in [6.45, 7) is 0. The maximum absolute atomic E-state index is 12.0. The van der Waals surface area contributed by atoms with Crippen LogP contribution in [-0.4, -0.2) is 23.4 Å². The highest BCUT2D eigenvalue weighted by atomic mass is 16.6. The molecule has 0 aliphatic heterocycles. The van der Waals surface area contributed by atoms with Crippen molar-refractivity contribution in [2.75, 3.05) is 7.11 Å². The number of methoxy groups -OCH3 is 1. The van der Waals surface area contributed by atoms with Crippen molar-refractivity contribution in [2.24, 2.45) is 0 Å². The van der Waals surface area contributed by atoms with E-state index in [2.05, 4.69) is 0 Å². The van der Waals surface area contributed by atoms with Gasteiger partial charge < -0.3 is 4.74 Å². The summed E-state index contributed by atoms with van der Waals surface area (Å²) in [5.41, 5.74) is 0.599. The van der Waals surface area contributed by atoms with Gasteiger partial charge in [0.15, 0.2) is 0 Å². The van der Waals surface area contributed by atoms with Crippen LogP contribution in [0.2, 0.25) is 0 Å². The van der Waals surface area contributed by atoms with Crippen molar-refractivity contribution >= 4 is 11.5 Å². The molecule has 0 heterocycles. The van der Waals surface area contributed by atoms with E-state index < -0.39 is 4.92 Å². The zero-order valence-corrected chi connectivity index (χ0v) is 10.9. The summed E-state index contributed by atoms with van der Waals surface area (Å²) in [5, 5.41) is 10.5. The van der Waals surface area contributed by atoms with E-state index in [1.165, 1.54) is 12.1 Å². The molecule has 0 unspecified atom stereocenters. The molecule has 102 valence electrons. The van der Waals surface area contributed by atoms with Crippen LogP contribution in [0.15, 0.2) is 24.3 Å².